The first-order valence-electron chi connectivity index (χ1n) is 7.03. The number of rotatable bonds is 6. The van der Waals surface area contributed by atoms with Crippen LogP contribution in [0, 0.1) is 5.92 Å². The minimum Gasteiger partial charge on any atom is -0.310 e. The predicted octanol–water partition coefficient (Wildman–Crippen LogP) is 2.87. The van der Waals surface area contributed by atoms with Crippen LogP contribution in [0.4, 0.5) is 0 Å². The summed E-state index contributed by atoms with van der Waals surface area (Å²) in [4.78, 5) is 7.26. The van der Waals surface area contributed by atoms with Crippen molar-refractivity contribution in [1.29, 1.82) is 0 Å². The molecule has 0 bridgehead atoms. The van der Waals surface area contributed by atoms with Crippen molar-refractivity contribution in [3.8, 4) is 0 Å². The zero-order valence-corrected chi connectivity index (χ0v) is 12.6. The Morgan fingerprint density at radius 3 is 3.06 bits per heavy atom. The number of nitrogens with one attached hydrogen (secondary N) is 1. The van der Waals surface area contributed by atoms with Crippen molar-refractivity contribution >= 4 is 11.3 Å². The number of thiazole rings is 1. The molecule has 2 heterocycles. The van der Waals surface area contributed by atoms with E-state index in [1.165, 1.54) is 30.1 Å². The smallest absolute Gasteiger partial charge is 0.107 e. The van der Waals surface area contributed by atoms with E-state index >= 15 is 0 Å². The molecule has 0 radical (unpaired) electrons. The highest BCUT2D eigenvalue weighted by Gasteiger charge is 2.20. The van der Waals surface area contributed by atoms with Crippen LogP contribution in [-0.2, 0) is 13.1 Å². The van der Waals surface area contributed by atoms with Crippen molar-refractivity contribution in [2.24, 2.45) is 5.92 Å². The lowest BCUT2D eigenvalue weighted by atomic mass is 10.2. The highest BCUT2D eigenvalue weighted by Crippen LogP contribution is 2.20. The van der Waals surface area contributed by atoms with Gasteiger partial charge in [0.15, 0.2) is 0 Å². The Labute approximate surface area is 115 Å². The maximum Gasteiger partial charge on any atom is 0.107 e. The number of nitrogens with zero attached hydrogens (tertiary/aromatic N) is 2. The van der Waals surface area contributed by atoms with E-state index in [4.69, 9.17) is 4.98 Å². The molecule has 1 fully saturated rings. The van der Waals surface area contributed by atoms with E-state index in [0.29, 0.717) is 5.92 Å². The van der Waals surface area contributed by atoms with Gasteiger partial charge in [-0.05, 0) is 38.8 Å². The molecule has 0 saturated carbocycles. The normalized spacial score (nSPS) is 21.0. The standard InChI is InChI=1S/C14H25N3S/c1-11(2)7-15-8-14-16-13(10-18-14)9-17-6-4-5-12(17)3/h10-12,15H,4-9H2,1-3H3. The molecule has 1 saturated heterocycles. The van der Waals surface area contributed by atoms with Gasteiger partial charge in [-0.15, -0.1) is 11.3 Å². The van der Waals surface area contributed by atoms with Gasteiger partial charge in [0.25, 0.3) is 0 Å². The van der Waals surface area contributed by atoms with E-state index in [2.05, 4.69) is 36.4 Å². The van der Waals surface area contributed by atoms with Crippen LogP contribution in [0.25, 0.3) is 0 Å². The minimum absolute atomic E-state index is 0.704. The molecule has 2 rings (SSSR count). The van der Waals surface area contributed by atoms with Crippen molar-refractivity contribution in [2.75, 3.05) is 13.1 Å². The molecule has 3 nitrogen and oxygen atoms in total. The molecular weight excluding hydrogens is 242 g/mol. The summed E-state index contributed by atoms with van der Waals surface area (Å²) in [5.41, 5.74) is 1.25. The van der Waals surface area contributed by atoms with E-state index < -0.39 is 0 Å². The van der Waals surface area contributed by atoms with Crippen molar-refractivity contribution < 1.29 is 0 Å². The van der Waals surface area contributed by atoms with Gasteiger partial charge < -0.3 is 5.32 Å². The summed E-state index contributed by atoms with van der Waals surface area (Å²) in [7, 11) is 0. The van der Waals surface area contributed by atoms with E-state index in [1.807, 2.05) is 0 Å². The molecule has 1 aromatic rings. The molecule has 1 aromatic heterocycles. The van der Waals surface area contributed by atoms with E-state index in [-0.39, 0.29) is 0 Å². The van der Waals surface area contributed by atoms with E-state index in [1.54, 1.807) is 11.3 Å². The van der Waals surface area contributed by atoms with Gasteiger partial charge >= 0.3 is 0 Å². The summed E-state index contributed by atoms with van der Waals surface area (Å²) < 4.78 is 0. The Hall–Kier alpha value is -0.450. The fraction of sp³-hybridized carbons (Fsp3) is 0.786. The van der Waals surface area contributed by atoms with Gasteiger partial charge in [0, 0.05) is 24.5 Å². The fourth-order valence-electron chi connectivity index (χ4n) is 2.41. The van der Waals surface area contributed by atoms with Gasteiger partial charge in [-0.1, -0.05) is 13.8 Å². The van der Waals surface area contributed by atoms with Crippen molar-refractivity contribution in [1.82, 2.24) is 15.2 Å². The van der Waals surface area contributed by atoms with E-state index in [9.17, 15) is 0 Å². The van der Waals surface area contributed by atoms with Gasteiger partial charge in [-0.2, -0.15) is 0 Å². The third-order valence-electron chi connectivity index (χ3n) is 3.48. The van der Waals surface area contributed by atoms with Gasteiger partial charge in [0.2, 0.25) is 0 Å². The van der Waals surface area contributed by atoms with Crippen molar-refractivity contribution in [3.63, 3.8) is 0 Å². The average molecular weight is 267 g/mol. The Balaban J connectivity index is 1.78. The highest BCUT2D eigenvalue weighted by atomic mass is 32.1. The largest absolute Gasteiger partial charge is 0.310 e. The lowest BCUT2D eigenvalue weighted by molar-refractivity contribution is 0.257. The van der Waals surface area contributed by atoms with Crippen LogP contribution < -0.4 is 5.32 Å². The molecule has 18 heavy (non-hydrogen) atoms. The Bertz CT molecular complexity index is 362. The molecule has 0 aromatic carbocycles. The first-order valence-corrected chi connectivity index (χ1v) is 7.91. The summed E-state index contributed by atoms with van der Waals surface area (Å²) in [6.07, 6.45) is 2.68. The Kier molecular flexibility index (Phi) is 5.15. The van der Waals surface area contributed by atoms with Crippen LogP contribution in [0.15, 0.2) is 5.38 Å². The number of hydrogen-bond acceptors (Lipinski definition) is 4. The quantitative estimate of drug-likeness (QED) is 0.859. The first kappa shape index (κ1) is 14.0. The minimum atomic E-state index is 0.704. The predicted molar refractivity (Wildman–Crippen MR) is 77.8 cm³/mol. The molecule has 1 aliphatic rings. The zero-order chi connectivity index (χ0) is 13.0. The van der Waals surface area contributed by atoms with Crippen LogP contribution >= 0.6 is 11.3 Å². The topological polar surface area (TPSA) is 28.2 Å². The second kappa shape index (κ2) is 6.64. The summed E-state index contributed by atoms with van der Waals surface area (Å²) in [5, 5.41) is 6.89. The monoisotopic (exact) mass is 267 g/mol. The molecule has 1 aliphatic heterocycles. The third kappa shape index (κ3) is 4.04. The average Bonchev–Trinajstić information content (AvgIpc) is 2.90. The Morgan fingerprint density at radius 1 is 1.56 bits per heavy atom. The molecule has 0 aliphatic carbocycles. The number of hydrogen-bond donors (Lipinski definition) is 1. The van der Waals surface area contributed by atoms with Gasteiger partial charge in [0.05, 0.1) is 5.69 Å². The van der Waals surface area contributed by atoms with Gasteiger partial charge in [-0.3, -0.25) is 4.90 Å². The van der Waals surface area contributed by atoms with Crippen molar-refractivity contribution in [2.45, 2.75) is 52.7 Å². The number of aromatic nitrogens is 1. The van der Waals surface area contributed by atoms with Crippen LogP contribution in [0.2, 0.25) is 0 Å². The molecule has 1 N–H and O–H groups in total. The van der Waals surface area contributed by atoms with Gasteiger partial charge in [0.1, 0.15) is 5.01 Å². The molecule has 1 unspecified atom stereocenters. The lowest BCUT2D eigenvalue weighted by Crippen LogP contribution is -2.26. The second-order valence-corrected chi connectivity index (χ2v) is 6.66. The summed E-state index contributed by atoms with van der Waals surface area (Å²) >= 11 is 1.79. The van der Waals surface area contributed by atoms with Crippen LogP contribution in [0.5, 0.6) is 0 Å². The summed E-state index contributed by atoms with van der Waals surface area (Å²) in [5.74, 6) is 0.704. The zero-order valence-electron chi connectivity index (χ0n) is 11.8. The molecule has 1 atom stereocenters. The lowest BCUT2D eigenvalue weighted by Gasteiger charge is -2.19. The number of likely N-dealkylation sites (tertiary alicyclic amines) is 1. The first-order chi connectivity index (χ1) is 8.65. The Morgan fingerprint density at radius 2 is 2.39 bits per heavy atom. The fourth-order valence-corrected chi connectivity index (χ4v) is 3.16. The van der Waals surface area contributed by atoms with Crippen LogP contribution in [-0.4, -0.2) is 29.0 Å². The summed E-state index contributed by atoms with van der Waals surface area (Å²) in [6.45, 7) is 11.0. The maximum absolute atomic E-state index is 4.72. The molecule has 4 heteroatoms. The van der Waals surface area contributed by atoms with Gasteiger partial charge in [-0.25, -0.2) is 4.98 Å². The maximum atomic E-state index is 4.72. The molecule has 0 amide bonds. The van der Waals surface area contributed by atoms with Crippen molar-refractivity contribution in [3.05, 3.63) is 16.1 Å². The van der Waals surface area contributed by atoms with Crippen LogP contribution in [0.3, 0.4) is 0 Å². The van der Waals surface area contributed by atoms with E-state index in [0.717, 1.165) is 25.7 Å². The second-order valence-electron chi connectivity index (χ2n) is 5.72. The van der Waals surface area contributed by atoms with Crippen LogP contribution in [0.1, 0.15) is 44.3 Å². The third-order valence-corrected chi connectivity index (χ3v) is 4.38. The molecular formula is C14H25N3S. The summed E-state index contributed by atoms with van der Waals surface area (Å²) in [6, 6.07) is 0.731. The molecule has 102 valence electrons. The highest BCUT2D eigenvalue weighted by molar-refractivity contribution is 7.09. The molecule has 0 spiro atoms. The SMILES string of the molecule is CC(C)CNCc1nc(CN2CCCC2C)cs1.